The van der Waals surface area contributed by atoms with E-state index < -0.39 is 0 Å². The Morgan fingerprint density at radius 2 is 2.25 bits per heavy atom. The molecule has 0 saturated heterocycles. The number of anilines is 1. The Morgan fingerprint density at radius 1 is 1.35 bits per heavy atom. The number of para-hydroxylation sites is 2. The maximum atomic E-state index is 5.74. The van der Waals surface area contributed by atoms with Gasteiger partial charge in [-0.05, 0) is 31.4 Å². The van der Waals surface area contributed by atoms with Crippen molar-refractivity contribution in [1.82, 2.24) is 14.8 Å². The van der Waals surface area contributed by atoms with Crippen LogP contribution in [0.4, 0.5) is 6.01 Å². The van der Waals surface area contributed by atoms with Crippen LogP contribution in [0.15, 0.2) is 34.9 Å². The molecule has 0 amide bonds. The van der Waals surface area contributed by atoms with E-state index in [4.69, 9.17) is 4.42 Å². The summed E-state index contributed by atoms with van der Waals surface area (Å²) in [6.07, 6.45) is 5.29. The number of hydrogen-bond donors (Lipinski definition) is 1. The molecule has 2 heterocycles. The first-order chi connectivity index (χ1) is 9.81. The van der Waals surface area contributed by atoms with Crippen molar-refractivity contribution in [3.63, 3.8) is 0 Å². The van der Waals surface area contributed by atoms with Crippen LogP contribution in [-0.4, -0.2) is 14.8 Å². The topological polar surface area (TPSA) is 55.9 Å². The third-order valence-electron chi connectivity index (χ3n) is 3.97. The molecule has 1 aliphatic rings. The van der Waals surface area contributed by atoms with Gasteiger partial charge in [0.1, 0.15) is 5.52 Å². The van der Waals surface area contributed by atoms with E-state index in [9.17, 15) is 0 Å². The molecule has 1 atom stereocenters. The van der Waals surface area contributed by atoms with Crippen molar-refractivity contribution in [1.29, 1.82) is 0 Å². The van der Waals surface area contributed by atoms with Gasteiger partial charge < -0.3 is 9.73 Å². The zero-order valence-corrected chi connectivity index (χ0v) is 11.3. The third-order valence-corrected chi connectivity index (χ3v) is 3.97. The molecule has 0 fully saturated rings. The standard InChI is InChI=1S/C15H16N4O/c1-19-13-7-4-6-11(10(13)9-16-19)17-15-18-12-5-2-3-8-14(12)20-15/h2-3,5,8-9,11H,4,6-7H2,1H3,(H,17,18). The number of rotatable bonds is 2. The van der Waals surface area contributed by atoms with Crippen molar-refractivity contribution in [2.75, 3.05) is 5.32 Å². The SMILES string of the molecule is Cn1ncc2c1CCCC2Nc1nc2ccccc2o1. The summed E-state index contributed by atoms with van der Waals surface area (Å²) in [6, 6.07) is 8.64. The number of nitrogens with zero attached hydrogens (tertiary/aromatic N) is 3. The summed E-state index contributed by atoms with van der Waals surface area (Å²) in [7, 11) is 2.00. The first-order valence-electron chi connectivity index (χ1n) is 6.94. The summed E-state index contributed by atoms with van der Waals surface area (Å²) in [5.74, 6) is 0. The van der Waals surface area contributed by atoms with Gasteiger partial charge in [-0.3, -0.25) is 4.68 Å². The Bertz CT molecular complexity index is 725. The average Bonchev–Trinajstić information content (AvgIpc) is 3.03. The highest BCUT2D eigenvalue weighted by Gasteiger charge is 2.24. The highest BCUT2D eigenvalue weighted by Crippen LogP contribution is 2.32. The van der Waals surface area contributed by atoms with Crippen molar-refractivity contribution in [3.8, 4) is 0 Å². The van der Waals surface area contributed by atoms with Gasteiger partial charge in [-0.25, -0.2) is 0 Å². The third kappa shape index (κ3) is 1.78. The van der Waals surface area contributed by atoms with Gasteiger partial charge in [0, 0.05) is 18.3 Å². The fraction of sp³-hybridized carbons (Fsp3) is 0.333. The van der Waals surface area contributed by atoms with Crippen LogP contribution in [0.3, 0.4) is 0 Å². The summed E-state index contributed by atoms with van der Waals surface area (Å²) < 4.78 is 7.71. The summed E-state index contributed by atoms with van der Waals surface area (Å²) in [4.78, 5) is 4.48. The maximum Gasteiger partial charge on any atom is 0.296 e. The Morgan fingerprint density at radius 3 is 3.15 bits per heavy atom. The second-order valence-corrected chi connectivity index (χ2v) is 5.25. The molecule has 0 bridgehead atoms. The number of nitrogens with one attached hydrogen (secondary N) is 1. The molecular weight excluding hydrogens is 252 g/mol. The quantitative estimate of drug-likeness (QED) is 0.776. The Labute approximate surface area is 116 Å². The molecule has 5 nitrogen and oxygen atoms in total. The minimum atomic E-state index is 0.237. The first-order valence-corrected chi connectivity index (χ1v) is 6.94. The predicted octanol–water partition coefficient (Wildman–Crippen LogP) is 3.05. The van der Waals surface area contributed by atoms with Crippen LogP contribution in [0.1, 0.15) is 30.1 Å². The van der Waals surface area contributed by atoms with Crippen LogP contribution in [0.2, 0.25) is 0 Å². The predicted molar refractivity (Wildman–Crippen MR) is 76.5 cm³/mol. The van der Waals surface area contributed by atoms with Crippen LogP contribution in [-0.2, 0) is 13.5 Å². The number of aryl methyl sites for hydroxylation is 1. The van der Waals surface area contributed by atoms with E-state index >= 15 is 0 Å². The molecule has 20 heavy (non-hydrogen) atoms. The van der Waals surface area contributed by atoms with Crippen LogP contribution in [0, 0.1) is 0 Å². The van der Waals surface area contributed by atoms with Crippen LogP contribution < -0.4 is 5.32 Å². The lowest BCUT2D eigenvalue weighted by molar-refractivity contribution is 0.542. The van der Waals surface area contributed by atoms with Gasteiger partial charge in [0.15, 0.2) is 5.58 Å². The lowest BCUT2D eigenvalue weighted by atomic mass is 9.93. The molecule has 0 aliphatic heterocycles. The highest BCUT2D eigenvalue weighted by atomic mass is 16.4. The normalized spacial score (nSPS) is 18.1. The molecule has 5 heteroatoms. The largest absolute Gasteiger partial charge is 0.424 e. The zero-order valence-electron chi connectivity index (χ0n) is 11.3. The van der Waals surface area contributed by atoms with Crippen molar-refractivity contribution < 1.29 is 4.42 Å². The minimum Gasteiger partial charge on any atom is -0.424 e. The highest BCUT2D eigenvalue weighted by molar-refractivity contribution is 5.74. The van der Waals surface area contributed by atoms with Crippen molar-refractivity contribution in [2.45, 2.75) is 25.3 Å². The van der Waals surface area contributed by atoms with Crippen molar-refractivity contribution in [2.24, 2.45) is 7.05 Å². The molecule has 2 aromatic heterocycles. The second-order valence-electron chi connectivity index (χ2n) is 5.25. The summed E-state index contributed by atoms with van der Waals surface area (Å²) in [5, 5.41) is 7.77. The summed E-state index contributed by atoms with van der Waals surface area (Å²) >= 11 is 0. The lowest BCUT2D eigenvalue weighted by Crippen LogP contribution is -2.17. The smallest absolute Gasteiger partial charge is 0.296 e. The molecule has 4 rings (SSSR count). The molecule has 0 radical (unpaired) electrons. The van der Waals surface area contributed by atoms with E-state index in [0.29, 0.717) is 6.01 Å². The van der Waals surface area contributed by atoms with Crippen LogP contribution in [0.25, 0.3) is 11.1 Å². The molecule has 1 N–H and O–H groups in total. The van der Waals surface area contributed by atoms with E-state index in [2.05, 4.69) is 15.4 Å². The Kier molecular flexibility index (Phi) is 2.52. The summed E-state index contributed by atoms with van der Waals surface area (Å²) in [6.45, 7) is 0. The molecule has 1 aliphatic carbocycles. The number of hydrogen-bond acceptors (Lipinski definition) is 4. The zero-order chi connectivity index (χ0) is 13.5. The minimum absolute atomic E-state index is 0.237. The summed E-state index contributed by atoms with van der Waals surface area (Å²) in [5.41, 5.74) is 4.28. The van der Waals surface area contributed by atoms with Crippen LogP contribution in [0.5, 0.6) is 0 Å². The fourth-order valence-corrected chi connectivity index (χ4v) is 2.94. The molecule has 0 spiro atoms. The van der Waals surface area contributed by atoms with Crippen LogP contribution >= 0.6 is 0 Å². The Balaban J connectivity index is 1.66. The maximum absolute atomic E-state index is 5.74. The molecule has 102 valence electrons. The number of oxazole rings is 1. The average molecular weight is 268 g/mol. The van der Waals surface area contributed by atoms with Gasteiger partial charge in [0.2, 0.25) is 0 Å². The molecular formula is C15H16N4O. The van der Waals surface area contributed by atoms with E-state index in [1.807, 2.05) is 42.2 Å². The molecule has 0 saturated carbocycles. The van der Waals surface area contributed by atoms with Gasteiger partial charge >= 0.3 is 0 Å². The number of benzene rings is 1. The molecule has 1 unspecified atom stereocenters. The van der Waals surface area contributed by atoms with Crippen molar-refractivity contribution >= 4 is 17.1 Å². The van der Waals surface area contributed by atoms with E-state index in [1.165, 1.54) is 11.3 Å². The number of fused-ring (bicyclic) bond motifs is 2. The number of aromatic nitrogens is 3. The van der Waals surface area contributed by atoms with E-state index in [-0.39, 0.29) is 6.04 Å². The fourth-order valence-electron chi connectivity index (χ4n) is 2.94. The van der Waals surface area contributed by atoms with Gasteiger partial charge in [-0.15, -0.1) is 0 Å². The van der Waals surface area contributed by atoms with E-state index in [1.54, 1.807) is 0 Å². The van der Waals surface area contributed by atoms with Gasteiger partial charge in [0.05, 0.1) is 12.2 Å². The van der Waals surface area contributed by atoms with Gasteiger partial charge in [0.25, 0.3) is 6.01 Å². The first kappa shape index (κ1) is 11.5. The second kappa shape index (κ2) is 4.37. The monoisotopic (exact) mass is 268 g/mol. The van der Waals surface area contributed by atoms with E-state index in [0.717, 1.165) is 30.4 Å². The Hall–Kier alpha value is -2.30. The molecule has 3 aromatic rings. The molecule has 1 aromatic carbocycles. The van der Waals surface area contributed by atoms with Gasteiger partial charge in [-0.1, -0.05) is 12.1 Å². The van der Waals surface area contributed by atoms with Crippen molar-refractivity contribution in [3.05, 3.63) is 41.7 Å². The van der Waals surface area contributed by atoms with Gasteiger partial charge in [-0.2, -0.15) is 10.1 Å². The lowest BCUT2D eigenvalue weighted by Gasteiger charge is -2.22.